The van der Waals surface area contributed by atoms with Crippen molar-refractivity contribution in [2.24, 2.45) is 23.2 Å². The Morgan fingerprint density at radius 2 is 1.51 bits per heavy atom. The second-order valence-electron chi connectivity index (χ2n) is 13.4. The van der Waals surface area contributed by atoms with Crippen molar-refractivity contribution < 1.29 is 30.0 Å². The van der Waals surface area contributed by atoms with E-state index in [2.05, 4.69) is 88.4 Å². The number of nitrogens with zero attached hydrogens (tertiary/aromatic N) is 1. The van der Waals surface area contributed by atoms with Crippen LogP contribution in [0.3, 0.4) is 0 Å². The van der Waals surface area contributed by atoms with Gasteiger partial charge in [-0.1, -0.05) is 98.7 Å². The first kappa shape index (κ1) is 38.4. The van der Waals surface area contributed by atoms with Gasteiger partial charge in [-0.2, -0.15) is 0 Å². The monoisotopic (exact) mass is 785 g/mol. The molecule has 245 valence electrons. The number of aliphatic hydroxyl groups is 1. The molecule has 0 amide bonds. The Morgan fingerprint density at radius 1 is 0.867 bits per heavy atom. The number of fused-ring (bicyclic) bond motifs is 3. The summed E-state index contributed by atoms with van der Waals surface area (Å²) in [7, 11) is 0. The van der Waals surface area contributed by atoms with Crippen molar-refractivity contribution in [2.45, 2.75) is 101 Å². The molecule has 0 bridgehead atoms. The van der Waals surface area contributed by atoms with Gasteiger partial charge in [0.1, 0.15) is 0 Å². The zero-order chi connectivity index (χ0) is 32.4. The summed E-state index contributed by atoms with van der Waals surface area (Å²) < 4.78 is 0. The van der Waals surface area contributed by atoms with Crippen LogP contribution in [0.25, 0.3) is 32.8 Å². The maximum Gasteiger partial charge on any atom is 0.164 e. The van der Waals surface area contributed by atoms with Crippen molar-refractivity contribution >= 4 is 27.3 Å². The van der Waals surface area contributed by atoms with Gasteiger partial charge in [0.05, 0.1) is 5.76 Å². The summed E-state index contributed by atoms with van der Waals surface area (Å²) in [5, 5.41) is 14.9. The molecular weight excluding hydrogens is 731 g/mol. The normalized spacial score (nSPS) is 12.0. The zero-order valence-electron chi connectivity index (χ0n) is 29.0. The number of ketones is 1. The van der Waals surface area contributed by atoms with E-state index in [0.29, 0.717) is 11.8 Å². The van der Waals surface area contributed by atoms with Gasteiger partial charge in [-0.05, 0) is 83.7 Å². The summed E-state index contributed by atoms with van der Waals surface area (Å²) in [6, 6.07) is 23.4. The molecule has 0 fully saturated rings. The van der Waals surface area contributed by atoms with E-state index < -0.39 is 0 Å². The number of hydrogen-bond acceptors (Lipinski definition) is 3. The number of rotatable bonds is 12. The molecule has 0 unspecified atom stereocenters. The summed E-state index contributed by atoms with van der Waals surface area (Å²) in [5.74, 6) is 1.68. The minimum absolute atomic E-state index is 0. The number of carbonyl (C=O) groups is 1. The number of hydrogen-bond donors (Lipinski definition) is 1. The van der Waals surface area contributed by atoms with Gasteiger partial charge in [-0.15, -0.1) is 34.9 Å². The fourth-order valence-corrected chi connectivity index (χ4v) is 5.85. The molecule has 0 aliphatic carbocycles. The molecule has 45 heavy (non-hydrogen) atoms. The molecule has 0 aliphatic heterocycles. The number of aliphatic hydroxyl groups excluding tert-OH is 1. The second kappa shape index (κ2) is 17.8. The van der Waals surface area contributed by atoms with Crippen molar-refractivity contribution in [3.8, 4) is 11.3 Å². The van der Waals surface area contributed by atoms with Crippen molar-refractivity contribution in [2.75, 3.05) is 0 Å². The molecule has 3 aromatic carbocycles. The first-order chi connectivity index (χ1) is 21.0. The maximum atomic E-state index is 12.0. The van der Waals surface area contributed by atoms with E-state index in [1.165, 1.54) is 38.7 Å². The fourth-order valence-electron chi connectivity index (χ4n) is 5.85. The molecule has 4 aromatic rings. The molecule has 1 N–H and O–H groups in total. The summed E-state index contributed by atoms with van der Waals surface area (Å²) in [6.45, 7) is 19.2. The molecule has 4 heteroatoms. The number of allylic oxidation sites excluding steroid dienone is 2. The van der Waals surface area contributed by atoms with Gasteiger partial charge < -0.3 is 10.1 Å². The van der Waals surface area contributed by atoms with Gasteiger partial charge >= 0.3 is 0 Å². The minimum Gasteiger partial charge on any atom is -0.512 e. The summed E-state index contributed by atoms with van der Waals surface area (Å²) in [6.07, 6.45) is 8.90. The molecule has 0 spiro atoms. The number of aromatic nitrogens is 1. The first-order valence-corrected chi connectivity index (χ1v) is 16.7. The van der Waals surface area contributed by atoms with Crippen LogP contribution >= 0.6 is 0 Å². The van der Waals surface area contributed by atoms with Gasteiger partial charge in [0.25, 0.3) is 0 Å². The summed E-state index contributed by atoms with van der Waals surface area (Å²) in [4.78, 5) is 16.8. The van der Waals surface area contributed by atoms with Crippen LogP contribution in [0, 0.1) is 29.2 Å². The molecular formula is C41H54IrNO2-. The van der Waals surface area contributed by atoms with Crippen LogP contribution in [0.4, 0.5) is 0 Å². The van der Waals surface area contributed by atoms with E-state index in [4.69, 9.17) is 4.98 Å². The minimum atomic E-state index is -0.319. The van der Waals surface area contributed by atoms with Crippen molar-refractivity contribution in [1.29, 1.82) is 0 Å². The van der Waals surface area contributed by atoms with E-state index in [1.54, 1.807) is 0 Å². The molecule has 3 nitrogen and oxygen atoms in total. The quantitative estimate of drug-likeness (QED) is 0.0674. The second-order valence-corrected chi connectivity index (χ2v) is 13.4. The zero-order valence-corrected chi connectivity index (χ0v) is 31.4. The molecule has 0 aliphatic rings. The Kier molecular flexibility index (Phi) is 15.2. The van der Waals surface area contributed by atoms with Crippen LogP contribution in [0.5, 0.6) is 0 Å². The summed E-state index contributed by atoms with van der Waals surface area (Å²) in [5.41, 5.74) is 4.52. The van der Waals surface area contributed by atoms with Gasteiger partial charge in [0.15, 0.2) is 5.78 Å². The molecule has 4 rings (SSSR count). The van der Waals surface area contributed by atoms with Crippen molar-refractivity contribution in [3.63, 3.8) is 0 Å². The number of pyridine rings is 1. The number of benzene rings is 3. The van der Waals surface area contributed by atoms with Crippen LogP contribution in [-0.2, 0) is 37.7 Å². The number of carbonyl (C=O) groups excluding carboxylic acids is 1. The summed E-state index contributed by atoms with van der Waals surface area (Å²) >= 11 is 0. The largest absolute Gasteiger partial charge is 0.512 e. The molecule has 0 saturated heterocycles. The Hall–Kier alpha value is -2.81. The van der Waals surface area contributed by atoms with Crippen molar-refractivity contribution in [1.82, 2.24) is 4.98 Å². The van der Waals surface area contributed by atoms with E-state index in [0.717, 1.165) is 49.8 Å². The average Bonchev–Trinajstić information content (AvgIpc) is 3.00. The van der Waals surface area contributed by atoms with E-state index in [1.807, 2.05) is 40.8 Å². The third kappa shape index (κ3) is 10.1. The molecule has 1 aromatic heterocycles. The average molecular weight is 785 g/mol. The van der Waals surface area contributed by atoms with Crippen LogP contribution in [-0.4, -0.2) is 15.9 Å². The van der Waals surface area contributed by atoms with Gasteiger partial charge in [-0.3, -0.25) is 4.79 Å². The van der Waals surface area contributed by atoms with Crippen LogP contribution in [0.2, 0.25) is 0 Å². The van der Waals surface area contributed by atoms with Crippen LogP contribution < -0.4 is 0 Å². The first-order valence-electron chi connectivity index (χ1n) is 16.7. The SMILES string of the molecule is CC(C)Cc1[c-]c(-c2nccc3c2ccc2ccccc23)cc(CC(C)C)c1.CCC(CC)/C(O)=C/C(=O)C(C)(CC)CC.[Ir]. The fraction of sp³-hybridized carbons (Fsp3) is 0.463. The topological polar surface area (TPSA) is 50.2 Å². The molecule has 1 heterocycles. The molecule has 0 atom stereocenters. The predicted octanol–water partition coefficient (Wildman–Crippen LogP) is 11.5. The third-order valence-electron chi connectivity index (χ3n) is 9.02. The Balaban J connectivity index is 0.000000359. The van der Waals surface area contributed by atoms with Gasteiger partial charge in [0, 0.05) is 43.7 Å². The van der Waals surface area contributed by atoms with E-state index in [9.17, 15) is 9.90 Å². The van der Waals surface area contributed by atoms with Crippen molar-refractivity contribution in [3.05, 3.63) is 89.8 Å². The van der Waals surface area contributed by atoms with Crippen LogP contribution in [0.15, 0.2) is 72.6 Å². The van der Waals surface area contributed by atoms with Gasteiger partial charge in [0.2, 0.25) is 0 Å². The smallest absolute Gasteiger partial charge is 0.164 e. The standard InChI is InChI=1S/C27H28N.C14H26O2.Ir/c1-18(2)13-20-15-21(14-19(3)4)17-23(16-20)27-26-10-9-22-7-5-6-8-24(22)25(26)11-12-28-27;1-6-11(7-2)12(15)10-13(16)14(5,8-3)9-4;/h5-12,15-16,18-19H,13-14H2,1-4H3;10-11,15H,6-9H2,1-5H3;/q-1;;/b;12-10-;. The Bertz CT molecular complexity index is 1530. The van der Waals surface area contributed by atoms with E-state index >= 15 is 0 Å². The van der Waals surface area contributed by atoms with Crippen LogP contribution in [0.1, 0.15) is 99.1 Å². The maximum absolute atomic E-state index is 12.0. The third-order valence-corrected chi connectivity index (χ3v) is 9.02. The van der Waals surface area contributed by atoms with Gasteiger partial charge in [-0.25, -0.2) is 0 Å². The molecule has 1 radical (unpaired) electrons. The Morgan fingerprint density at radius 3 is 2.11 bits per heavy atom. The Labute approximate surface area is 286 Å². The predicted molar refractivity (Wildman–Crippen MR) is 189 cm³/mol. The van der Waals surface area contributed by atoms with E-state index in [-0.39, 0.29) is 43.0 Å². The molecule has 0 saturated carbocycles.